The third kappa shape index (κ3) is 2.59. The van der Waals surface area contributed by atoms with E-state index in [1.165, 1.54) is 0 Å². The summed E-state index contributed by atoms with van der Waals surface area (Å²) in [6.45, 7) is 4.09. The fraction of sp³-hybridized carbons (Fsp3) is 0.200. The maximum absolute atomic E-state index is 13.0. The summed E-state index contributed by atoms with van der Waals surface area (Å²) in [5, 5.41) is 7.45. The molecular weight excluding hydrogens is 378 g/mol. The Hall–Kier alpha value is -2.40. The lowest BCUT2D eigenvalue weighted by atomic mass is 9.96. The molecule has 0 aliphatic carbocycles. The Bertz CT molecular complexity index is 933. The van der Waals surface area contributed by atoms with Crippen molar-refractivity contribution in [1.82, 2.24) is 15.1 Å². The number of carbonyl (C=O) groups excluding carboxylic acids is 1. The number of nitrogens with zero attached hydrogens (tertiary/aromatic N) is 2. The first-order valence-electron chi connectivity index (χ1n) is 8.29. The molecule has 1 atom stereocenters. The quantitative estimate of drug-likeness (QED) is 0.692. The van der Waals surface area contributed by atoms with E-state index in [0.717, 1.165) is 26.9 Å². The first kappa shape index (κ1) is 16.1. The predicted molar refractivity (Wildman–Crippen MR) is 101 cm³/mol. The molecule has 0 saturated carbocycles. The van der Waals surface area contributed by atoms with Gasteiger partial charge in [0.25, 0.3) is 5.91 Å². The molecule has 0 saturated heterocycles. The van der Waals surface area contributed by atoms with Crippen molar-refractivity contribution in [2.75, 3.05) is 0 Å². The molecule has 4 nitrogen and oxygen atoms in total. The maximum atomic E-state index is 13.0. The summed E-state index contributed by atoms with van der Waals surface area (Å²) < 4.78 is 0.999. The van der Waals surface area contributed by atoms with E-state index in [-0.39, 0.29) is 18.0 Å². The van der Waals surface area contributed by atoms with E-state index in [1.807, 2.05) is 61.2 Å². The number of benzene rings is 2. The highest BCUT2D eigenvalue weighted by atomic mass is 79.9. The minimum atomic E-state index is -0.144. The van der Waals surface area contributed by atoms with Crippen LogP contribution in [0.15, 0.2) is 59.1 Å². The Morgan fingerprint density at radius 3 is 2.56 bits per heavy atom. The number of hydrogen-bond acceptors (Lipinski definition) is 2. The summed E-state index contributed by atoms with van der Waals surface area (Å²) in [6.07, 6.45) is 0. The lowest BCUT2D eigenvalue weighted by molar-refractivity contribution is 0.0688. The molecule has 1 aliphatic heterocycles. The Kier molecular flexibility index (Phi) is 3.96. The molecule has 1 N–H and O–H groups in total. The fourth-order valence-electron chi connectivity index (χ4n) is 3.52. The largest absolute Gasteiger partial charge is 0.324 e. The molecule has 2 aromatic carbocycles. The van der Waals surface area contributed by atoms with Crippen LogP contribution in [0.5, 0.6) is 0 Å². The summed E-state index contributed by atoms with van der Waals surface area (Å²) in [5.41, 5.74) is 4.49. The standard InChI is InChI=1S/C20H18BrN3O/c1-12(2)24-19(14-9-6-10-15(21)11-14)16-17(13-7-4-3-5-8-13)22-23-18(16)20(24)25/h3-12,19H,1-2H3,(H,22,23). The van der Waals surface area contributed by atoms with Gasteiger partial charge in [-0.05, 0) is 31.5 Å². The number of fused-ring (bicyclic) bond motifs is 1. The van der Waals surface area contributed by atoms with E-state index in [2.05, 4.69) is 38.3 Å². The highest BCUT2D eigenvalue weighted by Crippen LogP contribution is 2.43. The number of aromatic nitrogens is 2. The van der Waals surface area contributed by atoms with Gasteiger partial charge in [-0.1, -0.05) is 58.4 Å². The Labute approximate surface area is 155 Å². The Morgan fingerprint density at radius 1 is 1.12 bits per heavy atom. The van der Waals surface area contributed by atoms with Crippen molar-refractivity contribution < 1.29 is 4.79 Å². The SMILES string of the molecule is CC(C)N1C(=O)c2[nH]nc(-c3ccccc3)c2C1c1cccc(Br)c1. The van der Waals surface area contributed by atoms with Crippen LogP contribution in [0.25, 0.3) is 11.3 Å². The third-order valence-corrected chi connectivity index (χ3v) is 5.07. The molecule has 0 bridgehead atoms. The van der Waals surface area contributed by atoms with Crippen molar-refractivity contribution >= 4 is 21.8 Å². The average Bonchev–Trinajstić information content (AvgIpc) is 3.15. The Morgan fingerprint density at radius 2 is 1.88 bits per heavy atom. The number of nitrogens with one attached hydrogen (secondary N) is 1. The number of H-pyrrole nitrogens is 1. The minimum absolute atomic E-state index is 0.00431. The van der Waals surface area contributed by atoms with Gasteiger partial charge in [0.2, 0.25) is 0 Å². The average molecular weight is 396 g/mol. The first-order chi connectivity index (χ1) is 12.1. The van der Waals surface area contributed by atoms with Gasteiger partial charge in [0, 0.05) is 21.6 Å². The summed E-state index contributed by atoms with van der Waals surface area (Å²) in [6, 6.07) is 18.1. The van der Waals surface area contributed by atoms with Crippen LogP contribution in [-0.2, 0) is 0 Å². The van der Waals surface area contributed by atoms with Crippen molar-refractivity contribution in [3.8, 4) is 11.3 Å². The number of halogens is 1. The molecule has 0 spiro atoms. The molecule has 2 heterocycles. The number of hydrogen-bond donors (Lipinski definition) is 1. The third-order valence-electron chi connectivity index (χ3n) is 4.57. The second-order valence-electron chi connectivity index (χ2n) is 6.49. The van der Waals surface area contributed by atoms with E-state index >= 15 is 0 Å². The van der Waals surface area contributed by atoms with Crippen LogP contribution < -0.4 is 0 Å². The van der Waals surface area contributed by atoms with Crippen LogP contribution in [0.4, 0.5) is 0 Å². The van der Waals surface area contributed by atoms with Crippen molar-refractivity contribution in [1.29, 1.82) is 0 Å². The molecule has 0 radical (unpaired) electrons. The highest BCUT2D eigenvalue weighted by molar-refractivity contribution is 9.10. The summed E-state index contributed by atoms with van der Waals surface area (Å²) >= 11 is 3.55. The van der Waals surface area contributed by atoms with Crippen LogP contribution in [0.2, 0.25) is 0 Å². The number of carbonyl (C=O) groups is 1. The maximum Gasteiger partial charge on any atom is 0.273 e. The summed E-state index contributed by atoms with van der Waals surface area (Å²) in [4.78, 5) is 14.9. The molecule has 25 heavy (non-hydrogen) atoms. The molecular formula is C20H18BrN3O. The topological polar surface area (TPSA) is 49.0 Å². The van der Waals surface area contributed by atoms with Crippen molar-refractivity contribution in [3.05, 3.63) is 75.9 Å². The van der Waals surface area contributed by atoms with Gasteiger partial charge in [-0.2, -0.15) is 5.10 Å². The van der Waals surface area contributed by atoms with Gasteiger partial charge < -0.3 is 4.90 Å². The van der Waals surface area contributed by atoms with E-state index in [4.69, 9.17) is 0 Å². The number of aromatic amines is 1. The van der Waals surface area contributed by atoms with Crippen LogP contribution in [0.3, 0.4) is 0 Å². The molecule has 3 aromatic rings. The van der Waals surface area contributed by atoms with Gasteiger partial charge >= 0.3 is 0 Å². The smallest absolute Gasteiger partial charge is 0.273 e. The molecule has 0 fully saturated rings. The highest BCUT2D eigenvalue weighted by Gasteiger charge is 2.43. The van der Waals surface area contributed by atoms with Crippen LogP contribution in [0.1, 0.15) is 41.5 Å². The second-order valence-corrected chi connectivity index (χ2v) is 7.41. The zero-order valence-electron chi connectivity index (χ0n) is 14.0. The van der Waals surface area contributed by atoms with E-state index in [0.29, 0.717) is 5.69 Å². The lowest BCUT2D eigenvalue weighted by Gasteiger charge is -2.30. The monoisotopic (exact) mass is 395 g/mol. The van der Waals surface area contributed by atoms with Gasteiger partial charge in [-0.3, -0.25) is 9.89 Å². The fourth-order valence-corrected chi connectivity index (χ4v) is 3.93. The number of rotatable bonds is 3. The summed E-state index contributed by atoms with van der Waals surface area (Å²) in [7, 11) is 0. The molecule has 1 unspecified atom stereocenters. The second kappa shape index (κ2) is 6.15. The summed E-state index contributed by atoms with van der Waals surface area (Å²) in [5.74, 6) is 0.00431. The van der Waals surface area contributed by atoms with Gasteiger partial charge in [0.05, 0.1) is 11.7 Å². The minimum Gasteiger partial charge on any atom is -0.324 e. The van der Waals surface area contributed by atoms with Crippen LogP contribution >= 0.6 is 15.9 Å². The van der Waals surface area contributed by atoms with Crippen LogP contribution in [0, 0.1) is 0 Å². The van der Waals surface area contributed by atoms with E-state index < -0.39 is 0 Å². The van der Waals surface area contributed by atoms with Gasteiger partial charge in [-0.15, -0.1) is 0 Å². The molecule has 5 heteroatoms. The predicted octanol–water partition coefficient (Wildman–Crippen LogP) is 4.79. The molecule has 1 amide bonds. The van der Waals surface area contributed by atoms with Gasteiger partial charge in [0.1, 0.15) is 5.69 Å². The molecule has 1 aromatic heterocycles. The van der Waals surface area contributed by atoms with Gasteiger partial charge in [-0.25, -0.2) is 0 Å². The van der Waals surface area contributed by atoms with Crippen molar-refractivity contribution in [3.63, 3.8) is 0 Å². The molecule has 1 aliphatic rings. The van der Waals surface area contributed by atoms with Crippen LogP contribution in [-0.4, -0.2) is 27.0 Å². The lowest BCUT2D eigenvalue weighted by Crippen LogP contribution is -2.35. The first-order valence-corrected chi connectivity index (χ1v) is 9.09. The van der Waals surface area contributed by atoms with Gasteiger partial charge in [0.15, 0.2) is 0 Å². The number of amides is 1. The molecule has 126 valence electrons. The zero-order chi connectivity index (χ0) is 17.6. The normalized spacial score (nSPS) is 16.6. The van der Waals surface area contributed by atoms with E-state index in [1.54, 1.807) is 0 Å². The van der Waals surface area contributed by atoms with Crippen molar-refractivity contribution in [2.45, 2.75) is 25.9 Å². The molecule has 4 rings (SSSR count). The van der Waals surface area contributed by atoms with Crippen molar-refractivity contribution in [2.24, 2.45) is 0 Å². The Balaban J connectivity index is 1.94. The van der Waals surface area contributed by atoms with E-state index in [9.17, 15) is 4.79 Å². The zero-order valence-corrected chi connectivity index (χ0v) is 15.6.